The topological polar surface area (TPSA) is 186 Å². The number of rotatable bonds is 11. The fraction of sp³-hybridized carbons (Fsp3) is 0.512. The Kier molecular flexibility index (Phi) is 13.5. The molecule has 0 bridgehead atoms. The van der Waals surface area contributed by atoms with Crippen molar-refractivity contribution in [3.05, 3.63) is 71.8 Å². The number of ether oxygens (including phenoxy) is 3. The third-order valence-electron chi connectivity index (χ3n) is 11.6. The van der Waals surface area contributed by atoms with E-state index in [0.29, 0.717) is 60.0 Å². The number of carbonyl (C=O) groups is 4. The van der Waals surface area contributed by atoms with Crippen LogP contribution in [0.5, 0.6) is 11.6 Å². The maximum atomic E-state index is 14.5. The van der Waals surface area contributed by atoms with Crippen LogP contribution in [0.25, 0.3) is 10.9 Å². The van der Waals surface area contributed by atoms with Gasteiger partial charge in [0.1, 0.15) is 36.1 Å². The molecule has 17 heteroatoms. The number of sulfonamides is 1. The Morgan fingerprint density at radius 3 is 2.55 bits per heavy atom. The van der Waals surface area contributed by atoms with E-state index < -0.39 is 63.5 Å². The Morgan fingerprint density at radius 2 is 1.78 bits per heavy atom. The van der Waals surface area contributed by atoms with E-state index in [9.17, 15) is 27.6 Å². The van der Waals surface area contributed by atoms with Crippen molar-refractivity contribution in [2.45, 2.75) is 105 Å². The van der Waals surface area contributed by atoms with Crippen molar-refractivity contribution in [3.8, 4) is 11.6 Å². The average molecular weight is 865 g/mol. The molecule has 0 radical (unpaired) electrons. The second-order valence-corrected chi connectivity index (χ2v) is 18.5. The van der Waals surface area contributed by atoms with Crippen LogP contribution in [0.2, 0.25) is 5.02 Å². The van der Waals surface area contributed by atoms with Crippen LogP contribution in [-0.4, -0.2) is 111 Å². The van der Waals surface area contributed by atoms with Gasteiger partial charge in [-0.1, -0.05) is 54.4 Å². The number of nitrogens with one attached hydrogen (secondary N) is 3. The standard InChI is InChI=1S/C43H53ClN6O9S/c1-49(2)21-22-57-37-25-36(33-19-12-20-34(44)39(33)46-37)58-31-24-35-40(52)47-43(41(53)48-60(55,56)32-17-8-5-9-18-32)26-28(43)13-6-3-4-7-14-29(23-38(51)50(35)27-31)45-42(54)59-30-15-10-11-16-30/h5-6,8-9,12-13,17-20,25,28-31,35H,3-4,7,10-11,14-16,21-24,26-27H2,1-2H3,(H,45,54)(H,47,52)(H,48,53)/b13-6-/t28-,29+,31-,35+,43-/m1/s1. The lowest BCUT2D eigenvalue weighted by atomic mass is 10.0. The lowest BCUT2D eigenvalue weighted by Gasteiger charge is -2.28. The molecule has 60 heavy (non-hydrogen) atoms. The van der Waals surface area contributed by atoms with Crippen LogP contribution in [0.3, 0.4) is 0 Å². The molecule has 322 valence electrons. The first-order valence-corrected chi connectivity index (χ1v) is 22.6. The molecule has 3 N–H and O–H groups in total. The van der Waals surface area contributed by atoms with Gasteiger partial charge >= 0.3 is 6.09 Å². The molecule has 4 amide bonds. The van der Waals surface area contributed by atoms with Gasteiger partial charge in [-0.05, 0) is 89.7 Å². The van der Waals surface area contributed by atoms with Gasteiger partial charge < -0.3 is 34.6 Å². The molecule has 2 aliphatic heterocycles. The van der Waals surface area contributed by atoms with Crippen LogP contribution in [0.4, 0.5) is 4.79 Å². The third-order valence-corrected chi connectivity index (χ3v) is 13.3. The number of allylic oxidation sites excluding steroid dienone is 1. The number of hydrogen-bond acceptors (Lipinski definition) is 11. The van der Waals surface area contributed by atoms with Crippen LogP contribution in [0, 0.1) is 5.92 Å². The van der Waals surface area contributed by atoms with E-state index in [2.05, 4.69) is 20.3 Å². The molecule has 3 heterocycles. The predicted molar refractivity (Wildman–Crippen MR) is 224 cm³/mol. The summed E-state index contributed by atoms with van der Waals surface area (Å²) in [5.41, 5.74) is -1.11. The fourth-order valence-electron chi connectivity index (χ4n) is 8.23. The largest absolute Gasteiger partial charge is 0.488 e. The van der Waals surface area contributed by atoms with Crippen molar-refractivity contribution in [2.24, 2.45) is 5.92 Å². The molecule has 2 aliphatic carbocycles. The summed E-state index contributed by atoms with van der Waals surface area (Å²) in [5.74, 6) is -1.70. The Labute approximate surface area is 355 Å². The van der Waals surface area contributed by atoms with Gasteiger partial charge in [0.2, 0.25) is 17.7 Å². The van der Waals surface area contributed by atoms with Crippen LogP contribution >= 0.6 is 11.6 Å². The zero-order valence-corrected chi connectivity index (χ0v) is 35.5. The second kappa shape index (κ2) is 18.8. The maximum Gasteiger partial charge on any atom is 0.407 e. The molecule has 3 aromatic rings. The highest BCUT2D eigenvalue weighted by atomic mass is 35.5. The van der Waals surface area contributed by atoms with Gasteiger partial charge in [-0.3, -0.25) is 14.4 Å². The monoisotopic (exact) mass is 864 g/mol. The van der Waals surface area contributed by atoms with E-state index in [1.54, 1.807) is 36.4 Å². The number of halogens is 1. The lowest BCUT2D eigenvalue weighted by molar-refractivity contribution is -0.140. The number of para-hydroxylation sites is 1. The van der Waals surface area contributed by atoms with E-state index in [1.807, 2.05) is 37.2 Å². The molecule has 0 unspecified atom stereocenters. The summed E-state index contributed by atoms with van der Waals surface area (Å²) in [4.78, 5) is 63.9. The molecule has 1 aromatic heterocycles. The highest BCUT2D eigenvalue weighted by Crippen LogP contribution is 2.46. The molecular weight excluding hydrogens is 812 g/mol. The average Bonchev–Trinajstić information content (AvgIpc) is 3.47. The number of benzene rings is 2. The molecule has 5 atom stereocenters. The van der Waals surface area contributed by atoms with E-state index >= 15 is 0 Å². The van der Waals surface area contributed by atoms with Crippen molar-refractivity contribution in [3.63, 3.8) is 0 Å². The van der Waals surface area contributed by atoms with Crippen LogP contribution in [-0.2, 0) is 29.1 Å². The molecule has 7 rings (SSSR count). The summed E-state index contributed by atoms with van der Waals surface area (Å²) in [6.45, 7) is 0.991. The SMILES string of the molecule is CN(C)CCOc1cc(O[C@@H]2C[C@H]3C(=O)N[C@]4(C(=O)NS(=O)(=O)c5ccccc5)C[C@H]4/C=C\CCCC[C@H](NC(=O)OC4CCCC4)CC(=O)N3C2)c2cccc(Cl)c2n1. The summed E-state index contributed by atoms with van der Waals surface area (Å²) in [7, 11) is -0.405. The number of likely N-dealkylation sites (N-methyl/N-ethyl adjacent to an activating group) is 1. The Hall–Kier alpha value is -4.93. The summed E-state index contributed by atoms with van der Waals surface area (Å²) in [6, 6.07) is 12.8. The number of pyridine rings is 1. The first kappa shape index (κ1) is 43.2. The Bertz CT molecular complexity index is 2200. The minimum Gasteiger partial charge on any atom is -0.488 e. The van der Waals surface area contributed by atoms with Gasteiger partial charge in [0.25, 0.3) is 15.9 Å². The lowest BCUT2D eigenvalue weighted by Crippen LogP contribution is -2.56. The van der Waals surface area contributed by atoms with Crippen molar-refractivity contribution < 1.29 is 41.8 Å². The molecular formula is C43H53ClN6O9S. The van der Waals surface area contributed by atoms with Crippen LogP contribution < -0.4 is 24.8 Å². The number of carbonyl (C=O) groups excluding carboxylic acids is 4. The minimum absolute atomic E-state index is 0.00226. The first-order chi connectivity index (χ1) is 28.8. The van der Waals surface area contributed by atoms with E-state index in [0.717, 1.165) is 32.1 Å². The van der Waals surface area contributed by atoms with Gasteiger partial charge in [0, 0.05) is 42.8 Å². The number of hydrogen-bond donors (Lipinski definition) is 3. The normalized spacial score (nSPS) is 25.6. The minimum atomic E-state index is -4.26. The second-order valence-electron chi connectivity index (χ2n) is 16.4. The molecule has 2 aromatic carbocycles. The van der Waals surface area contributed by atoms with Gasteiger partial charge in [0.15, 0.2) is 0 Å². The smallest absolute Gasteiger partial charge is 0.407 e. The summed E-state index contributed by atoms with van der Waals surface area (Å²) >= 11 is 6.59. The Morgan fingerprint density at radius 1 is 1.02 bits per heavy atom. The van der Waals surface area contributed by atoms with Gasteiger partial charge in [-0.15, -0.1) is 0 Å². The molecule has 15 nitrogen and oxygen atoms in total. The van der Waals surface area contributed by atoms with Gasteiger partial charge in [0.05, 0.1) is 22.0 Å². The Balaban J connectivity index is 1.17. The van der Waals surface area contributed by atoms with Gasteiger partial charge in [-0.2, -0.15) is 0 Å². The third kappa shape index (κ3) is 10.3. The summed E-state index contributed by atoms with van der Waals surface area (Å²) in [5, 5.41) is 6.82. The first-order valence-electron chi connectivity index (χ1n) is 20.7. The van der Waals surface area contributed by atoms with Crippen molar-refractivity contribution in [2.75, 3.05) is 33.8 Å². The highest BCUT2D eigenvalue weighted by molar-refractivity contribution is 7.90. The van der Waals surface area contributed by atoms with Crippen LogP contribution in [0.1, 0.15) is 70.6 Å². The zero-order valence-electron chi connectivity index (χ0n) is 33.9. The fourth-order valence-corrected chi connectivity index (χ4v) is 9.51. The molecule has 2 saturated carbocycles. The molecule has 0 spiro atoms. The molecule has 3 fully saturated rings. The van der Waals surface area contributed by atoms with E-state index in [4.69, 9.17) is 25.8 Å². The van der Waals surface area contributed by atoms with Crippen LogP contribution in [0.15, 0.2) is 71.6 Å². The van der Waals surface area contributed by atoms with E-state index in [-0.39, 0.29) is 36.8 Å². The number of fused-ring (bicyclic) bond motifs is 3. The number of nitrogens with zero attached hydrogens (tertiary/aromatic N) is 3. The summed E-state index contributed by atoms with van der Waals surface area (Å²) in [6.07, 6.45) is 8.58. The maximum absolute atomic E-state index is 14.5. The zero-order chi connectivity index (χ0) is 42.4. The number of alkyl carbamates (subject to hydrolysis) is 1. The van der Waals surface area contributed by atoms with Crippen molar-refractivity contribution in [1.29, 1.82) is 0 Å². The quantitative estimate of drug-likeness (QED) is 0.218. The summed E-state index contributed by atoms with van der Waals surface area (Å²) < 4.78 is 47.1. The highest BCUT2D eigenvalue weighted by Gasteiger charge is 2.61. The number of amides is 4. The van der Waals surface area contributed by atoms with Crippen molar-refractivity contribution in [1.82, 2.24) is 30.1 Å². The van der Waals surface area contributed by atoms with E-state index in [1.165, 1.54) is 17.0 Å². The molecule has 4 aliphatic rings. The molecule has 1 saturated heterocycles. The number of aromatic nitrogens is 1. The van der Waals surface area contributed by atoms with Gasteiger partial charge in [-0.25, -0.2) is 22.9 Å². The predicted octanol–water partition coefficient (Wildman–Crippen LogP) is 5.11. The van der Waals surface area contributed by atoms with Crippen molar-refractivity contribution >= 4 is 56.3 Å².